The maximum Gasteiger partial charge on any atom is 0.337 e. The monoisotopic (exact) mass is 204 g/mol. The minimum Gasteiger partial charge on any atom is -0.465 e. The van der Waals surface area contributed by atoms with Crippen LogP contribution in [0.25, 0.3) is 11.5 Å². The minimum absolute atomic E-state index is 0.404. The number of methoxy groups -OCH3 is 1. The molecule has 2 aromatic heterocycles. The van der Waals surface area contributed by atoms with Crippen LogP contribution >= 0.6 is 0 Å². The number of hydrogen-bond acceptors (Lipinski definition) is 5. The zero-order valence-corrected chi connectivity index (χ0v) is 8.01. The van der Waals surface area contributed by atoms with Crippen molar-refractivity contribution in [3.8, 4) is 11.5 Å². The summed E-state index contributed by atoms with van der Waals surface area (Å²) in [6, 6.07) is 3.16. The van der Waals surface area contributed by atoms with Crippen LogP contribution in [0.4, 0.5) is 0 Å². The minimum atomic E-state index is -0.404. The zero-order valence-electron chi connectivity index (χ0n) is 8.01. The molecule has 76 valence electrons. The molecule has 0 spiro atoms. The predicted octanol–water partition coefficient (Wildman–Crippen LogP) is 1.52. The Kier molecular flexibility index (Phi) is 2.45. The van der Waals surface area contributed by atoms with E-state index >= 15 is 0 Å². The summed E-state index contributed by atoms with van der Waals surface area (Å²) in [7, 11) is 1.33. The van der Waals surface area contributed by atoms with Crippen molar-refractivity contribution in [2.75, 3.05) is 7.11 Å². The van der Waals surface area contributed by atoms with Crippen LogP contribution in [0.2, 0.25) is 0 Å². The molecule has 0 aliphatic rings. The summed E-state index contributed by atoms with van der Waals surface area (Å²) >= 11 is 0. The number of carbonyl (C=O) groups is 1. The average Bonchev–Trinajstić information content (AvgIpc) is 2.82. The highest BCUT2D eigenvalue weighted by Gasteiger charge is 2.09. The van der Waals surface area contributed by atoms with E-state index in [-0.39, 0.29) is 0 Å². The van der Waals surface area contributed by atoms with E-state index in [1.807, 2.05) is 0 Å². The molecule has 5 nitrogen and oxygen atoms in total. The predicted molar refractivity (Wildman–Crippen MR) is 51.1 cm³/mol. The van der Waals surface area contributed by atoms with Gasteiger partial charge in [-0.25, -0.2) is 9.78 Å². The van der Waals surface area contributed by atoms with E-state index in [0.29, 0.717) is 17.0 Å². The highest BCUT2D eigenvalue weighted by Crippen LogP contribution is 2.16. The number of oxazole rings is 1. The average molecular weight is 204 g/mol. The molecule has 0 saturated heterocycles. The molecule has 0 aliphatic heterocycles. The van der Waals surface area contributed by atoms with Gasteiger partial charge in [-0.2, -0.15) is 0 Å². The molecule has 0 aromatic carbocycles. The molecule has 2 rings (SSSR count). The van der Waals surface area contributed by atoms with Gasteiger partial charge in [-0.3, -0.25) is 4.98 Å². The van der Waals surface area contributed by atoms with Gasteiger partial charge in [-0.15, -0.1) is 0 Å². The third-order valence-electron chi connectivity index (χ3n) is 1.87. The summed E-state index contributed by atoms with van der Waals surface area (Å²) in [4.78, 5) is 19.1. The summed E-state index contributed by atoms with van der Waals surface area (Å²) in [6.45, 7) is 0. The number of rotatable bonds is 2. The molecular weight excluding hydrogens is 196 g/mol. The summed E-state index contributed by atoms with van der Waals surface area (Å²) in [6.07, 6.45) is 4.36. The quantitative estimate of drug-likeness (QED) is 0.694. The molecule has 0 amide bonds. The zero-order chi connectivity index (χ0) is 10.7. The third-order valence-corrected chi connectivity index (χ3v) is 1.87. The van der Waals surface area contributed by atoms with Crippen LogP contribution < -0.4 is 0 Å². The van der Waals surface area contributed by atoms with E-state index < -0.39 is 5.97 Å². The van der Waals surface area contributed by atoms with Gasteiger partial charge in [0.25, 0.3) is 0 Å². The maximum absolute atomic E-state index is 11.2. The molecule has 0 aliphatic carbocycles. The van der Waals surface area contributed by atoms with Gasteiger partial charge in [0.05, 0.1) is 18.9 Å². The Morgan fingerprint density at radius 3 is 3.07 bits per heavy atom. The van der Waals surface area contributed by atoms with Crippen LogP contribution in [0.15, 0.2) is 35.3 Å². The number of nitrogens with zero attached hydrogens (tertiary/aromatic N) is 2. The molecule has 0 N–H and O–H groups in total. The fourth-order valence-corrected chi connectivity index (χ4v) is 1.15. The Morgan fingerprint density at radius 1 is 1.53 bits per heavy atom. The van der Waals surface area contributed by atoms with Crippen LogP contribution in [0.3, 0.4) is 0 Å². The lowest BCUT2D eigenvalue weighted by Gasteiger charge is -1.99. The van der Waals surface area contributed by atoms with E-state index in [9.17, 15) is 4.79 Å². The molecule has 2 aromatic rings. The van der Waals surface area contributed by atoms with Crippen molar-refractivity contribution in [3.05, 3.63) is 36.5 Å². The van der Waals surface area contributed by atoms with Gasteiger partial charge in [-0.1, -0.05) is 0 Å². The van der Waals surface area contributed by atoms with E-state index in [4.69, 9.17) is 4.42 Å². The van der Waals surface area contributed by atoms with Crippen molar-refractivity contribution >= 4 is 5.97 Å². The Bertz CT molecular complexity index is 465. The van der Waals surface area contributed by atoms with Crippen molar-refractivity contribution in [2.45, 2.75) is 0 Å². The highest BCUT2D eigenvalue weighted by atomic mass is 16.5. The van der Waals surface area contributed by atoms with Crippen molar-refractivity contribution in [1.29, 1.82) is 0 Å². The molecule has 0 unspecified atom stereocenters. The molecule has 5 heteroatoms. The van der Waals surface area contributed by atoms with E-state index in [1.165, 1.54) is 25.9 Å². The smallest absolute Gasteiger partial charge is 0.337 e. The van der Waals surface area contributed by atoms with Crippen LogP contribution in [0.1, 0.15) is 10.4 Å². The van der Waals surface area contributed by atoms with Crippen LogP contribution in [0, 0.1) is 0 Å². The second-order valence-electron chi connectivity index (χ2n) is 2.79. The topological polar surface area (TPSA) is 65.2 Å². The fraction of sp³-hybridized carbons (Fsp3) is 0.100. The number of carbonyl (C=O) groups excluding carboxylic acids is 1. The van der Waals surface area contributed by atoms with Gasteiger partial charge in [0.1, 0.15) is 5.69 Å². The van der Waals surface area contributed by atoms with Gasteiger partial charge in [0.15, 0.2) is 12.2 Å². The summed E-state index contributed by atoms with van der Waals surface area (Å²) in [5, 5.41) is 0. The standard InChI is InChI=1S/C10H8N2O3/c1-14-10(13)7-2-3-12-8(4-7)9-5-11-6-15-9/h2-6H,1H3. The number of hydrogen-bond donors (Lipinski definition) is 0. The lowest BCUT2D eigenvalue weighted by molar-refractivity contribution is 0.0600. The first kappa shape index (κ1) is 9.39. The molecule has 0 fully saturated rings. The van der Waals surface area contributed by atoms with Crippen molar-refractivity contribution < 1.29 is 13.9 Å². The first-order valence-corrected chi connectivity index (χ1v) is 4.24. The van der Waals surface area contributed by atoms with Crippen LogP contribution in [-0.4, -0.2) is 23.0 Å². The molecule has 2 heterocycles. The highest BCUT2D eigenvalue weighted by molar-refractivity contribution is 5.90. The Balaban J connectivity index is 2.39. The van der Waals surface area contributed by atoms with E-state index in [0.717, 1.165) is 0 Å². The normalized spacial score (nSPS) is 9.93. The molecule has 0 saturated carbocycles. The Labute approximate surface area is 85.7 Å². The first-order valence-electron chi connectivity index (χ1n) is 4.24. The van der Waals surface area contributed by atoms with Gasteiger partial charge >= 0.3 is 5.97 Å². The second kappa shape index (κ2) is 3.91. The van der Waals surface area contributed by atoms with Gasteiger partial charge in [0.2, 0.25) is 0 Å². The molecule has 0 radical (unpaired) electrons. The lowest BCUT2D eigenvalue weighted by Crippen LogP contribution is -2.01. The van der Waals surface area contributed by atoms with E-state index in [2.05, 4.69) is 14.7 Å². The molecule has 0 atom stereocenters. The number of pyridine rings is 1. The van der Waals surface area contributed by atoms with Gasteiger partial charge in [-0.05, 0) is 12.1 Å². The lowest BCUT2D eigenvalue weighted by atomic mass is 10.2. The number of esters is 1. The maximum atomic E-state index is 11.2. The van der Waals surface area contributed by atoms with E-state index in [1.54, 1.807) is 12.1 Å². The van der Waals surface area contributed by atoms with Crippen molar-refractivity contribution in [1.82, 2.24) is 9.97 Å². The Hall–Kier alpha value is -2.17. The van der Waals surface area contributed by atoms with Crippen molar-refractivity contribution in [2.24, 2.45) is 0 Å². The Morgan fingerprint density at radius 2 is 2.40 bits per heavy atom. The third kappa shape index (κ3) is 1.85. The van der Waals surface area contributed by atoms with Crippen LogP contribution in [-0.2, 0) is 4.74 Å². The summed E-state index contributed by atoms with van der Waals surface area (Å²) in [5.41, 5.74) is 0.981. The summed E-state index contributed by atoms with van der Waals surface area (Å²) in [5.74, 6) is 0.110. The largest absolute Gasteiger partial charge is 0.465 e. The molecule has 15 heavy (non-hydrogen) atoms. The fourth-order valence-electron chi connectivity index (χ4n) is 1.15. The molecule has 0 bridgehead atoms. The number of aromatic nitrogens is 2. The summed E-state index contributed by atoms with van der Waals surface area (Å²) < 4.78 is 9.66. The van der Waals surface area contributed by atoms with Gasteiger partial charge in [0, 0.05) is 6.20 Å². The van der Waals surface area contributed by atoms with Crippen molar-refractivity contribution in [3.63, 3.8) is 0 Å². The first-order chi connectivity index (χ1) is 7.31. The van der Waals surface area contributed by atoms with Gasteiger partial charge < -0.3 is 9.15 Å². The SMILES string of the molecule is COC(=O)c1ccnc(-c2cnco2)c1. The number of ether oxygens (including phenoxy) is 1. The second-order valence-corrected chi connectivity index (χ2v) is 2.79. The van der Waals surface area contributed by atoms with Crippen LogP contribution in [0.5, 0.6) is 0 Å². The molecular formula is C10H8N2O3.